The molecule has 0 aliphatic heterocycles. The number of hydrogen-bond donors (Lipinski definition) is 0. The lowest BCUT2D eigenvalue weighted by Crippen LogP contribution is -2.11. The second kappa shape index (κ2) is 3.30. The Balaban J connectivity index is 3.07. The number of nitrogens with zero attached hydrogens (tertiary/aromatic N) is 3. The van der Waals surface area contributed by atoms with Gasteiger partial charge in [-0.3, -0.25) is 4.79 Å². The molecule has 0 spiro atoms. The second-order valence-corrected chi connectivity index (χ2v) is 2.69. The van der Waals surface area contributed by atoms with Crippen molar-refractivity contribution in [3.63, 3.8) is 0 Å². The monoisotopic (exact) mass is 165 g/mol. The molecule has 0 amide bonds. The smallest absolute Gasteiger partial charge is 0.222 e. The van der Waals surface area contributed by atoms with Gasteiger partial charge in [0.25, 0.3) is 0 Å². The Morgan fingerprint density at radius 1 is 1.75 bits per heavy atom. The largest absolute Gasteiger partial charge is 0.286 e. The van der Waals surface area contributed by atoms with Crippen LogP contribution in [-0.4, -0.2) is 20.5 Å². The van der Waals surface area contributed by atoms with Crippen LogP contribution in [0.2, 0.25) is 0 Å². The quantitative estimate of drug-likeness (QED) is 0.500. The number of hydrogen-bond acceptors (Lipinski definition) is 3. The third kappa shape index (κ3) is 1.42. The van der Waals surface area contributed by atoms with Crippen molar-refractivity contribution in [2.75, 3.05) is 0 Å². The molecule has 0 saturated carbocycles. The average Bonchev–Trinajstić information content (AvgIpc) is 2.50. The standard InChI is InChI=1S/C8H11N3O/c1-4-7(12)8-9-5-10-11(8)6(2)3/h4-6H,1H2,2-3H3. The van der Waals surface area contributed by atoms with Crippen LogP contribution in [0.1, 0.15) is 30.5 Å². The van der Waals surface area contributed by atoms with Gasteiger partial charge in [-0.2, -0.15) is 5.10 Å². The Morgan fingerprint density at radius 2 is 2.42 bits per heavy atom. The van der Waals surface area contributed by atoms with Crippen LogP contribution < -0.4 is 0 Å². The molecule has 1 aromatic rings. The van der Waals surface area contributed by atoms with E-state index in [1.807, 2.05) is 13.8 Å². The maximum Gasteiger partial charge on any atom is 0.222 e. The molecule has 0 atom stereocenters. The molecule has 0 fully saturated rings. The molecule has 0 saturated heterocycles. The first-order valence-electron chi connectivity index (χ1n) is 3.73. The molecule has 64 valence electrons. The molecule has 0 unspecified atom stereocenters. The van der Waals surface area contributed by atoms with E-state index in [0.717, 1.165) is 0 Å². The zero-order chi connectivity index (χ0) is 9.14. The number of ketones is 1. The highest BCUT2D eigenvalue weighted by Crippen LogP contribution is 2.05. The van der Waals surface area contributed by atoms with Crippen LogP contribution in [0.3, 0.4) is 0 Å². The van der Waals surface area contributed by atoms with Gasteiger partial charge in [-0.15, -0.1) is 0 Å². The summed E-state index contributed by atoms with van der Waals surface area (Å²) < 4.78 is 1.57. The average molecular weight is 165 g/mol. The summed E-state index contributed by atoms with van der Waals surface area (Å²) in [5.74, 6) is 0.154. The predicted molar refractivity (Wildman–Crippen MR) is 44.9 cm³/mol. The van der Waals surface area contributed by atoms with Crippen molar-refractivity contribution < 1.29 is 4.79 Å². The highest BCUT2D eigenvalue weighted by Gasteiger charge is 2.11. The van der Waals surface area contributed by atoms with Crippen molar-refractivity contribution in [1.82, 2.24) is 14.8 Å². The fourth-order valence-corrected chi connectivity index (χ4v) is 0.896. The van der Waals surface area contributed by atoms with Gasteiger partial charge in [-0.05, 0) is 19.9 Å². The van der Waals surface area contributed by atoms with Gasteiger partial charge >= 0.3 is 0 Å². The molecule has 4 heteroatoms. The summed E-state index contributed by atoms with van der Waals surface area (Å²) in [6, 6.07) is 0.145. The maximum absolute atomic E-state index is 11.2. The minimum atomic E-state index is -0.193. The molecule has 0 N–H and O–H groups in total. The van der Waals surface area contributed by atoms with Gasteiger partial charge in [-0.1, -0.05) is 6.58 Å². The van der Waals surface area contributed by atoms with Gasteiger partial charge < -0.3 is 0 Å². The van der Waals surface area contributed by atoms with E-state index in [9.17, 15) is 4.79 Å². The molecule has 1 heterocycles. The lowest BCUT2D eigenvalue weighted by molar-refractivity contribution is 0.103. The molecule has 0 aliphatic rings. The van der Waals surface area contributed by atoms with E-state index in [0.29, 0.717) is 5.82 Å². The lowest BCUT2D eigenvalue weighted by atomic mass is 10.3. The fraction of sp³-hybridized carbons (Fsp3) is 0.375. The zero-order valence-electron chi connectivity index (χ0n) is 7.19. The van der Waals surface area contributed by atoms with Crippen molar-refractivity contribution in [3.8, 4) is 0 Å². The number of carbonyl (C=O) groups excluding carboxylic acids is 1. The van der Waals surface area contributed by atoms with Gasteiger partial charge in [0.1, 0.15) is 6.33 Å². The second-order valence-electron chi connectivity index (χ2n) is 2.69. The zero-order valence-corrected chi connectivity index (χ0v) is 7.19. The minimum absolute atomic E-state index is 0.145. The van der Waals surface area contributed by atoms with Gasteiger partial charge in [0, 0.05) is 6.04 Å². The van der Waals surface area contributed by atoms with Gasteiger partial charge in [0.15, 0.2) is 5.82 Å². The molecule has 0 aromatic carbocycles. The SMILES string of the molecule is C=CC(=O)c1ncnn1C(C)C. The molecule has 0 radical (unpaired) electrons. The van der Waals surface area contributed by atoms with Crippen molar-refractivity contribution in [3.05, 3.63) is 24.8 Å². The summed E-state index contributed by atoms with van der Waals surface area (Å²) in [5.41, 5.74) is 0. The lowest BCUT2D eigenvalue weighted by Gasteiger charge is -2.06. The van der Waals surface area contributed by atoms with Crippen LogP contribution in [0.15, 0.2) is 19.0 Å². The molecule has 12 heavy (non-hydrogen) atoms. The van der Waals surface area contributed by atoms with Crippen LogP contribution in [-0.2, 0) is 0 Å². The van der Waals surface area contributed by atoms with E-state index in [4.69, 9.17) is 0 Å². The molecule has 4 nitrogen and oxygen atoms in total. The normalized spacial score (nSPS) is 10.2. The van der Waals surface area contributed by atoms with E-state index in [1.54, 1.807) is 4.68 Å². The molecule has 1 rings (SSSR count). The molecule has 0 bridgehead atoms. The Bertz CT molecular complexity index is 301. The predicted octanol–water partition coefficient (Wildman–Crippen LogP) is 1.23. The molecular weight excluding hydrogens is 154 g/mol. The highest BCUT2D eigenvalue weighted by molar-refractivity contribution is 6.01. The number of rotatable bonds is 3. The molecular formula is C8H11N3O. The minimum Gasteiger partial charge on any atom is -0.286 e. The summed E-state index contributed by atoms with van der Waals surface area (Å²) in [7, 11) is 0. The van der Waals surface area contributed by atoms with Crippen molar-refractivity contribution in [1.29, 1.82) is 0 Å². The first kappa shape index (κ1) is 8.64. The summed E-state index contributed by atoms with van der Waals surface area (Å²) in [4.78, 5) is 15.0. The Morgan fingerprint density at radius 3 is 2.92 bits per heavy atom. The third-order valence-electron chi connectivity index (χ3n) is 1.47. The van der Waals surface area contributed by atoms with E-state index in [2.05, 4.69) is 16.7 Å². The first-order valence-corrected chi connectivity index (χ1v) is 3.73. The summed E-state index contributed by atoms with van der Waals surface area (Å²) >= 11 is 0. The number of allylic oxidation sites excluding steroid dienone is 1. The summed E-state index contributed by atoms with van der Waals surface area (Å²) in [6.07, 6.45) is 2.61. The Hall–Kier alpha value is -1.45. The van der Waals surface area contributed by atoms with E-state index < -0.39 is 0 Å². The Labute approximate surface area is 70.9 Å². The van der Waals surface area contributed by atoms with Crippen LogP contribution >= 0.6 is 0 Å². The van der Waals surface area contributed by atoms with Crippen molar-refractivity contribution in [2.45, 2.75) is 19.9 Å². The first-order chi connectivity index (χ1) is 5.66. The topological polar surface area (TPSA) is 47.8 Å². The van der Waals surface area contributed by atoms with Gasteiger partial charge in [-0.25, -0.2) is 9.67 Å². The van der Waals surface area contributed by atoms with Crippen LogP contribution in [0.5, 0.6) is 0 Å². The Kier molecular flexibility index (Phi) is 2.38. The van der Waals surface area contributed by atoms with Crippen molar-refractivity contribution >= 4 is 5.78 Å². The highest BCUT2D eigenvalue weighted by atomic mass is 16.1. The van der Waals surface area contributed by atoms with Crippen molar-refractivity contribution in [2.24, 2.45) is 0 Å². The molecule has 0 aliphatic carbocycles. The fourth-order valence-electron chi connectivity index (χ4n) is 0.896. The van der Waals surface area contributed by atoms with E-state index in [1.165, 1.54) is 12.4 Å². The summed E-state index contributed by atoms with van der Waals surface area (Å²) in [5, 5.41) is 3.92. The number of carbonyl (C=O) groups is 1. The van der Waals surface area contributed by atoms with Gasteiger partial charge in [0.2, 0.25) is 5.78 Å². The molecule has 1 aromatic heterocycles. The third-order valence-corrected chi connectivity index (χ3v) is 1.47. The van der Waals surface area contributed by atoms with Crippen LogP contribution in [0.4, 0.5) is 0 Å². The maximum atomic E-state index is 11.2. The van der Waals surface area contributed by atoms with E-state index in [-0.39, 0.29) is 11.8 Å². The van der Waals surface area contributed by atoms with Gasteiger partial charge in [0.05, 0.1) is 0 Å². The summed E-state index contributed by atoms with van der Waals surface area (Å²) in [6.45, 7) is 7.26. The number of aromatic nitrogens is 3. The van der Waals surface area contributed by atoms with E-state index >= 15 is 0 Å². The van der Waals surface area contributed by atoms with Crippen LogP contribution in [0.25, 0.3) is 0 Å². The van der Waals surface area contributed by atoms with Crippen LogP contribution in [0, 0.1) is 0 Å².